The van der Waals surface area contributed by atoms with Gasteiger partial charge in [-0.25, -0.2) is 0 Å². The molecule has 3 nitrogen and oxygen atoms in total. The van der Waals surface area contributed by atoms with Crippen molar-refractivity contribution in [3.8, 4) is 0 Å². The van der Waals surface area contributed by atoms with E-state index in [1.54, 1.807) is 0 Å². The highest BCUT2D eigenvalue weighted by atomic mass is 79.9. The van der Waals surface area contributed by atoms with Crippen molar-refractivity contribution in [2.24, 2.45) is 0 Å². The van der Waals surface area contributed by atoms with E-state index < -0.39 is 0 Å². The summed E-state index contributed by atoms with van der Waals surface area (Å²) in [5.74, 6) is 0. The quantitative estimate of drug-likeness (QED) is 0.927. The predicted molar refractivity (Wildman–Crippen MR) is 65.9 cm³/mol. The minimum atomic E-state index is 0.866. The van der Waals surface area contributed by atoms with E-state index in [9.17, 15) is 0 Å². The number of aryl methyl sites for hydroxylation is 1. The Morgan fingerprint density at radius 2 is 2.27 bits per heavy atom. The first-order chi connectivity index (χ1) is 7.27. The number of hydrogen-bond acceptors (Lipinski definition) is 2. The molecule has 0 fully saturated rings. The van der Waals surface area contributed by atoms with Gasteiger partial charge in [-0.3, -0.25) is 4.68 Å². The van der Waals surface area contributed by atoms with E-state index in [2.05, 4.69) is 51.5 Å². The number of halogens is 1. The van der Waals surface area contributed by atoms with Crippen molar-refractivity contribution in [1.29, 1.82) is 0 Å². The Bertz CT molecular complexity index is 476. The van der Waals surface area contributed by atoms with E-state index in [-0.39, 0.29) is 0 Å². The molecule has 0 spiro atoms. The van der Waals surface area contributed by atoms with Crippen LogP contribution in [-0.2, 0) is 13.1 Å². The van der Waals surface area contributed by atoms with Crippen LogP contribution in [0.15, 0.2) is 22.8 Å². The summed E-state index contributed by atoms with van der Waals surface area (Å²) in [6.45, 7) is 3.86. The minimum Gasteiger partial charge on any atom is -0.316 e. The Balaban J connectivity index is 2.68. The molecule has 1 aromatic heterocycles. The van der Waals surface area contributed by atoms with Crippen LogP contribution in [0, 0.1) is 0 Å². The first kappa shape index (κ1) is 10.6. The van der Waals surface area contributed by atoms with Gasteiger partial charge in [0.2, 0.25) is 0 Å². The first-order valence-electron chi connectivity index (χ1n) is 5.06. The maximum atomic E-state index is 4.46. The zero-order chi connectivity index (χ0) is 10.8. The van der Waals surface area contributed by atoms with Crippen LogP contribution in [0.25, 0.3) is 10.9 Å². The molecule has 0 amide bonds. The maximum absolute atomic E-state index is 4.46. The molecule has 0 aliphatic carbocycles. The summed E-state index contributed by atoms with van der Waals surface area (Å²) in [4.78, 5) is 0. The fourth-order valence-electron chi connectivity index (χ4n) is 1.83. The summed E-state index contributed by atoms with van der Waals surface area (Å²) in [6.07, 6.45) is 0. The van der Waals surface area contributed by atoms with Gasteiger partial charge in [-0.1, -0.05) is 12.1 Å². The van der Waals surface area contributed by atoms with Crippen molar-refractivity contribution >= 4 is 26.8 Å². The molecule has 0 aliphatic heterocycles. The van der Waals surface area contributed by atoms with Gasteiger partial charge in [0.1, 0.15) is 4.60 Å². The average Bonchev–Trinajstić information content (AvgIpc) is 2.57. The molecule has 0 atom stereocenters. The zero-order valence-corrected chi connectivity index (χ0v) is 10.5. The van der Waals surface area contributed by atoms with Crippen LogP contribution in [0.4, 0.5) is 0 Å². The van der Waals surface area contributed by atoms with E-state index in [0.717, 1.165) is 17.7 Å². The van der Waals surface area contributed by atoms with Gasteiger partial charge >= 0.3 is 0 Å². The standard InChI is InChI=1S/C11H14BrN3/c1-3-15-9-6-4-5-8(7-13-2)10(9)11(12)14-15/h4-6,13H,3,7H2,1-2H3. The van der Waals surface area contributed by atoms with Crippen LogP contribution in [0.2, 0.25) is 0 Å². The number of rotatable bonds is 3. The lowest BCUT2D eigenvalue weighted by atomic mass is 10.1. The topological polar surface area (TPSA) is 29.9 Å². The number of hydrogen-bond donors (Lipinski definition) is 1. The van der Waals surface area contributed by atoms with Crippen molar-refractivity contribution in [2.75, 3.05) is 7.05 Å². The highest BCUT2D eigenvalue weighted by Crippen LogP contribution is 2.26. The third-order valence-electron chi connectivity index (χ3n) is 2.49. The van der Waals surface area contributed by atoms with Crippen molar-refractivity contribution in [1.82, 2.24) is 15.1 Å². The molecular weight excluding hydrogens is 254 g/mol. The monoisotopic (exact) mass is 267 g/mol. The fourth-order valence-corrected chi connectivity index (χ4v) is 2.48. The summed E-state index contributed by atoms with van der Waals surface area (Å²) in [5, 5.41) is 8.85. The Kier molecular flexibility index (Phi) is 3.07. The number of fused-ring (bicyclic) bond motifs is 1. The predicted octanol–water partition coefficient (Wildman–Crippen LogP) is 2.54. The third kappa shape index (κ3) is 1.79. The summed E-state index contributed by atoms with van der Waals surface area (Å²) in [5.41, 5.74) is 2.47. The van der Waals surface area contributed by atoms with Crippen LogP contribution in [-0.4, -0.2) is 16.8 Å². The first-order valence-corrected chi connectivity index (χ1v) is 5.85. The molecule has 2 rings (SSSR count). The minimum absolute atomic E-state index is 0.866. The molecule has 0 aliphatic rings. The Hall–Kier alpha value is -0.870. The Morgan fingerprint density at radius 3 is 2.93 bits per heavy atom. The van der Waals surface area contributed by atoms with Gasteiger partial charge in [-0.15, -0.1) is 0 Å². The van der Waals surface area contributed by atoms with Crippen molar-refractivity contribution in [3.63, 3.8) is 0 Å². The number of benzene rings is 1. The second-order valence-corrected chi connectivity index (χ2v) is 4.20. The van der Waals surface area contributed by atoms with Gasteiger partial charge in [-0.2, -0.15) is 5.10 Å². The molecule has 2 aromatic rings. The molecule has 80 valence electrons. The van der Waals surface area contributed by atoms with Crippen LogP contribution in [0.3, 0.4) is 0 Å². The van der Waals surface area contributed by atoms with Gasteiger partial charge in [0.05, 0.1) is 5.52 Å². The van der Waals surface area contributed by atoms with Crippen LogP contribution < -0.4 is 5.32 Å². The van der Waals surface area contributed by atoms with Gasteiger partial charge in [0.15, 0.2) is 0 Å². The van der Waals surface area contributed by atoms with Gasteiger partial charge in [-0.05, 0) is 41.5 Å². The number of nitrogens with zero attached hydrogens (tertiary/aromatic N) is 2. The fraction of sp³-hybridized carbons (Fsp3) is 0.364. The number of aromatic nitrogens is 2. The highest BCUT2D eigenvalue weighted by Gasteiger charge is 2.10. The normalized spacial score (nSPS) is 11.1. The molecule has 0 unspecified atom stereocenters. The van der Waals surface area contributed by atoms with Crippen LogP contribution in [0.5, 0.6) is 0 Å². The van der Waals surface area contributed by atoms with Gasteiger partial charge in [0.25, 0.3) is 0 Å². The van der Waals surface area contributed by atoms with Crippen molar-refractivity contribution < 1.29 is 0 Å². The smallest absolute Gasteiger partial charge is 0.136 e. The second kappa shape index (κ2) is 4.33. The lowest BCUT2D eigenvalue weighted by Gasteiger charge is -2.03. The van der Waals surface area contributed by atoms with E-state index in [0.29, 0.717) is 0 Å². The summed E-state index contributed by atoms with van der Waals surface area (Å²) in [7, 11) is 1.96. The van der Waals surface area contributed by atoms with E-state index in [1.807, 2.05) is 11.7 Å². The largest absolute Gasteiger partial charge is 0.316 e. The summed E-state index contributed by atoms with van der Waals surface area (Å²) in [6, 6.07) is 6.32. The summed E-state index contributed by atoms with van der Waals surface area (Å²) < 4.78 is 2.95. The second-order valence-electron chi connectivity index (χ2n) is 3.45. The Labute approximate surface area is 97.6 Å². The molecule has 4 heteroatoms. The van der Waals surface area contributed by atoms with E-state index in [4.69, 9.17) is 0 Å². The zero-order valence-electron chi connectivity index (χ0n) is 8.92. The van der Waals surface area contributed by atoms with Gasteiger partial charge in [0, 0.05) is 18.5 Å². The SMILES string of the molecule is CCn1nc(Br)c2c(CNC)cccc21. The van der Waals surface area contributed by atoms with Crippen LogP contribution >= 0.6 is 15.9 Å². The highest BCUT2D eigenvalue weighted by molar-refractivity contribution is 9.10. The van der Waals surface area contributed by atoms with E-state index >= 15 is 0 Å². The van der Waals surface area contributed by atoms with Crippen molar-refractivity contribution in [3.05, 3.63) is 28.4 Å². The maximum Gasteiger partial charge on any atom is 0.136 e. The van der Waals surface area contributed by atoms with Gasteiger partial charge < -0.3 is 5.32 Å². The molecule has 0 radical (unpaired) electrons. The lowest BCUT2D eigenvalue weighted by molar-refractivity contribution is 0.678. The third-order valence-corrected chi connectivity index (χ3v) is 3.04. The number of nitrogens with one attached hydrogen (secondary N) is 1. The van der Waals surface area contributed by atoms with Crippen LogP contribution in [0.1, 0.15) is 12.5 Å². The molecule has 15 heavy (non-hydrogen) atoms. The molecule has 0 saturated carbocycles. The van der Waals surface area contributed by atoms with Crippen molar-refractivity contribution in [2.45, 2.75) is 20.0 Å². The molecule has 0 saturated heterocycles. The molecule has 1 aromatic carbocycles. The lowest BCUT2D eigenvalue weighted by Crippen LogP contribution is -2.05. The molecular formula is C11H14BrN3. The van der Waals surface area contributed by atoms with E-state index in [1.165, 1.54) is 16.5 Å². The molecule has 0 bridgehead atoms. The molecule has 1 N–H and O–H groups in total. The Morgan fingerprint density at radius 1 is 1.47 bits per heavy atom. The molecule has 1 heterocycles. The average molecular weight is 268 g/mol. The summed E-state index contributed by atoms with van der Waals surface area (Å²) >= 11 is 3.52.